The smallest absolute Gasteiger partial charge is 0.160 e. The largest absolute Gasteiger partial charge is 0.456 e. The van der Waals surface area contributed by atoms with E-state index in [1.165, 1.54) is 44.5 Å². The van der Waals surface area contributed by atoms with Gasteiger partial charge in [0, 0.05) is 27.5 Å². The second-order valence-electron chi connectivity index (χ2n) is 16.4. The van der Waals surface area contributed by atoms with Crippen LogP contribution in [0.2, 0.25) is 0 Å². The van der Waals surface area contributed by atoms with Crippen LogP contribution in [-0.2, 0) is 5.41 Å². The number of para-hydroxylation sites is 1. The molecule has 288 valence electrons. The number of hydrogen-bond acceptors (Lipinski definition) is 3. The Hall–Kier alpha value is -8.14. The molecule has 0 N–H and O–H groups in total. The molecule has 9 aromatic carbocycles. The van der Waals surface area contributed by atoms with Crippen LogP contribution in [0.4, 0.5) is 0 Å². The van der Waals surface area contributed by atoms with Gasteiger partial charge in [-0.1, -0.05) is 176 Å². The molecule has 2 aliphatic rings. The minimum Gasteiger partial charge on any atom is -0.456 e. The summed E-state index contributed by atoms with van der Waals surface area (Å²) in [6.45, 7) is 0. The standard InChI is InChI=1S/C59H36N2O/c1-3-16-37(17-4-1)40-32-41(39-30-31-56-48(35-39)45-22-10-14-29-55(45)62-56)34-42(33-40)53-36-54(61-58(60-53)38-18-5-2-6-19-38)47-24-15-28-52-57(47)46-23-9-13-27-51(46)59(52)49-25-11-7-20-43(49)44-21-8-12-26-50(44)59/h1-36H. The van der Waals surface area contributed by atoms with Crippen LogP contribution in [0.5, 0.6) is 0 Å². The maximum absolute atomic E-state index is 6.24. The Morgan fingerprint density at radius 1 is 0.306 bits per heavy atom. The first-order chi connectivity index (χ1) is 30.7. The highest BCUT2D eigenvalue weighted by Crippen LogP contribution is 2.64. The van der Waals surface area contributed by atoms with Crippen molar-refractivity contribution in [2.24, 2.45) is 0 Å². The Morgan fingerprint density at radius 2 is 0.839 bits per heavy atom. The lowest BCUT2D eigenvalue weighted by atomic mass is 9.70. The number of fused-ring (bicyclic) bond motifs is 13. The first-order valence-corrected chi connectivity index (χ1v) is 21.2. The first-order valence-electron chi connectivity index (χ1n) is 21.2. The van der Waals surface area contributed by atoms with Crippen LogP contribution in [0.25, 0.3) is 100 Å². The zero-order valence-corrected chi connectivity index (χ0v) is 33.6. The van der Waals surface area contributed by atoms with E-state index in [9.17, 15) is 0 Å². The van der Waals surface area contributed by atoms with Crippen molar-refractivity contribution in [2.45, 2.75) is 5.41 Å². The summed E-state index contributed by atoms with van der Waals surface area (Å²) < 4.78 is 6.24. The van der Waals surface area contributed by atoms with Crippen LogP contribution in [0.1, 0.15) is 22.3 Å². The van der Waals surface area contributed by atoms with Gasteiger partial charge >= 0.3 is 0 Å². The molecule has 0 bridgehead atoms. The van der Waals surface area contributed by atoms with Crippen LogP contribution < -0.4 is 0 Å². The predicted octanol–water partition coefficient (Wildman–Crippen LogP) is 15.1. The number of benzene rings is 9. The molecule has 0 unspecified atom stereocenters. The summed E-state index contributed by atoms with van der Waals surface area (Å²) in [4.78, 5) is 10.8. The van der Waals surface area contributed by atoms with E-state index in [0.29, 0.717) is 5.82 Å². The minimum atomic E-state index is -0.451. The Bertz CT molecular complexity index is 3540. The number of hydrogen-bond donors (Lipinski definition) is 0. The highest BCUT2D eigenvalue weighted by atomic mass is 16.3. The Morgan fingerprint density at radius 3 is 1.58 bits per heavy atom. The molecule has 0 aliphatic heterocycles. The van der Waals surface area contributed by atoms with Crippen molar-refractivity contribution in [3.63, 3.8) is 0 Å². The predicted molar refractivity (Wildman–Crippen MR) is 253 cm³/mol. The molecule has 11 aromatic rings. The summed E-state index contributed by atoms with van der Waals surface area (Å²) in [5, 5.41) is 2.21. The minimum absolute atomic E-state index is 0.451. The molecule has 0 saturated heterocycles. The van der Waals surface area contributed by atoms with E-state index >= 15 is 0 Å². The highest BCUT2D eigenvalue weighted by Gasteiger charge is 2.52. The van der Waals surface area contributed by atoms with Crippen LogP contribution >= 0.6 is 0 Å². The topological polar surface area (TPSA) is 38.9 Å². The summed E-state index contributed by atoms with van der Waals surface area (Å²) >= 11 is 0. The summed E-state index contributed by atoms with van der Waals surface area (Å²) in [5.41, 5.74) is 20.9. The lowest BCUT2D eigenvalue weighted by molar-refractivity contribution is 0.669. The van der Waals surface area contributed by atoms with Gasteiger partial charge in [-0.25, -0.2) is 9.97 Å². The molecule has 2 aromatic heterocycles. The van der Waals surface area contributed by atoms with Crippen LogP contribution in [0, 0.1) is 0 Å². The summed E-state index contributed by atoms with van der Waals surface area (Å²) in [6, 6.07) is 78.5. The quantitative estimate of drug-likeness (QED) is 0.174. The molecule has 13 rings (SSSR count). The van der Waals surface area contributed by atoms with Gasteiger partial charge in [0.15, 0.2) is 5.82 Å². The summed E-state index contributed by atoms with van der Waals surface area (Å²) in [7, 11) is 0. The molecular formula is C59H36N2O. The molecule has 62 heavy (non-hydrogen) atoms. The van der Waals surface area contributed by atoms with Crippen molar-refractivity contribution in [3.05, 3.63) is 241 Å². The van der Waals surface area contributed by atoms with Crippen molar-refractivity contribution >= 4 is 21.9 Å². The monoisotopic (exact) mass is 788 g/mol. The third-order valence-electron chi connectivity index (χ3n) is 13.1. The third-order valence-corrected chi connectivity index (χ3v) is 13.1. The summed E-state index contributed by atoms with van der Waals surface area (Å²) in [5.74, 6) is 0.686. The molecule has 1 spiro atoms. The zero-order chi connectivity index (χ0) is 40.8. The average Bonchev–Trinajstić information content (AvgIpc) is 3.98. The molecule has 2 heterocycles. The highest BCUT2D eigenvalue weighted by molar-refractivity contribution is 6.06. The lowest BCUT2D eigenvalue weighted by Gasteiger charge is -2.30. The average molecular weight is 789 g/mol. The van der Waals surface area contributed by atoms with E-state index in [1.54, 1.807) is 0 Å². The van der Waals surface area contributed by atoms with Crippen molar-refractivity contribution in [2.75, 3.05) is 0 Å². The van der Waals surface area contributed by atoms with Gasteiger partial charge in [-0.2, -0.15) is 0 Å². The SMILES string of the molecule is c1ccc(-c2cc(-c3ccc4oc5ccccc5c4c3)cc(-c3cc(-c4cccc5c4-c4ccccc4C54c5ccccc5-c5ccccc54)nc(-c4ccccc4)n3)c2)cc1. The second-order valence-corrected chi connectivity index (χ2v) is 16.4. The van der Waals surface area contributed by atoms with E-state index in [-0.39, 0.29) is 0 Å². The van der Waals surface area contributed by atoms with Gasteiger partial charge in [0.1, 0.15) is 11.2 Å². The molecule has 0 saturated carbocycles. The normalized spacial score (nSPS) is 13.0. The number of nitrogens with zero attached hydrogens (tertiary/aromatic N) is 2. The maximum Gasteiger partial charge on any atom is 0.160 e. The lowest BCUT2D eigenvalue weighted by Crippen LogP contribution is -2.25. The van der Waals surface area contributed by atoms with Gasteiger partial charge in [-0.15, -0.1) is 0 Å². The second kappa shape index (κ2) is 13.4. The number of aromatic nitrogens is 2. The van der Waals surface area contributed by atoms with Gasteiger partial charge in [-0.05, 0) is 109 Å². The van der Waals surface area contributed by atoms with Crippen LogP contribution in [0.3, 0.4) is 0 Å². The molecule has 3 nitrogen and oxygen atoms in total. The Kier molecular flexibility index (Phi) is 7.52. The molecule has 3 heteroatoms. The maximum atomic E-state index is 6.24. The van der Waals surface area contributed by atoms with E-state index < -0.39 is 5.41 Å². The van der Waals surface area contributed by atoms with E-state index in [4.69, 9.17) is 14.4 Å². The van der Waals surface area contributed by atoms with Crippen molar-refractivity contribution in [1.82, 2.24) is 9.97 Å². The Balaban J connectivity index is 1.06. The molecule has 0 fully saturated rings. The van der Waals surface area contributed by atoms with Crippen LogP contribution in [-0.4, -0.2) is 9.97 Å². The van der Waals surface area contributed by atoms with Crippen molar-refractivity contribution in [3.8, 4) is 78.4 Å². The van der Waals surface area contributed by atoms with Gasteiger partial charge < -0.3 is 4.42 Å². The zero-order valence-electron chi connectivity index (χ0n) is 33.6. The van der Waals surface area contributed by atoms with Crippen molar-refractivity contribution in [1.29, 1.82) is 0 Å². The van der Waals surface area contributed by atoms with Crippen molar-refractivity contribution < 1.29 is 4.42 Å². The molecule has 0 radical (unpaired) electrons. The van der Waals surface area contributed by atoms with Gasteiger partial charge in [0.25, 0.3) is 0 Å². The first kappa shape index (κ1) is 34.7. The molecule has 0 atom stereocenters. The fourth-order valence-corrected chi connectivity index (χ4v) is 10.5. The Labute approximate surface area is 359 Å². The molecule has 2 aliphatic carbocycles. The third kappa shape index (κ3) is 5.06. The fourth-order valence-electron chi connectivity index (χ4n) is 10.5. The van der Waals surface area contributed by atoms with Crippen LogP contribution in [0.15, 0.2) is 223 Å². The molecule has 0 amide bonds. The number of rotatable bonds is 5. The van der Waals surface area contributed by atoms with Gasteiger partial charge in [0.2, 0.25) is 0 Å². The van der Waals surface area contributed by atoms with Gasteiger partial charge in [-0.3, -0.25) is 0 Å². The van der Waals surface area contributed by atoms with E-state index in [1.807, 2.05) is 18.2 Å². The van der Waals surface area contributed by atoms with E-state index in [2.05, 4.69) is 200 Å². The van der Waals surface area contributed by atoms with E-state index in [0.717, 1.165) is 72.3 Å². The summed E-state index contributed by atoms with van der Waals surface area (Å²) in [6.07, 6.45) is 0. The molecular weight excluding hydrogens is 753 g/mol. The fraction of sp³-hybridized carbons (Fsp3) is 0.0169. The number of furan rings is 1. The van der Waals surface area contributed by atoms with Gasteiger partial charge in [0.05, 0.1) is 16.8 Å².